The monoisotopic (exact) mass is 412 g/mol. The number of halogens is 1. The maximum Gasteiger partial charge on any atom is 0.261 e. The SMILES string of the molecule is CN(c1ccc(OC[C@](C)(O)CNCCc2cccc(Cl)c2)cc1)S(=O)O. The first kappa shape index (κ1) is 21.7. The van der Waals surface area contributed by atoms with Gasteiger partial charge in [0.2, 0.25) is 0 Å². The highest BCUT2D eigenvalue weighted by molar-refractivity contribution is 7.80. The summed E-state index contributed by atoms with van der Waals surface area (Å²) < 4.78 is 27.0. The van der Waals surface area contributed by atoms with Crippen molar-refractivity contribution >= 4 is 28.6 Å². The van der Waals surface area contributed by atoms with Gasteiger partial charge in [0, 0.05) is 18.6 Å². The van der Waals surface area contributed by atoms with E-state index in [4.69, 9.17) is 20.9 Å². The lowest BCUT2D eigenvalue weighted by Gasteiger charge is -2.24. The van der Waals surface area contributed by atoms with Crippen molar-refractivity contribution in [3.63, 3.8) is 0 Å². The molecule has 2 aromatic carbocycles. The van der Waals surface area contributed by atoms with Gasteiger partial charge >= 0.3 is 0 Å². The van der Waals surface area contributed by atoms with Crippen molar-refractivity contribution in [3.8, 4) is 5.75 Å². The molecule has 2 rings (SSSR count). The van der Waals surface area contributed by atoms with Gasteiger partial charge < -0.3 is 15.2 Å². The van der Waals surface area contributed by atoms with Crippen molar-refractivity contribution in [1.82, 2.24) is 5.32 Å². The Morgan fingerprint density at radius 3 is 2.59 bits per heavy atom. The van der Waals surface area contributed by atoms with Gasteiger partial charge in [0.15, 0.2) is 0 Å². The first-order valence-corrected chi connectivity index (χ1v) is 9.96. The molecule has 0 aliphatic carbocycles. The molecular formula is C19H25ClN2O4S. The standard InChI is InChI=1S/C19H25ClN2O4S/c1-19(23,13-21-11-10-15-4-3-5-16(20)12-15)14-26-18-8-6-17(7-9-18)22(2)27(24)25/h3-9,12,21,23H,10-11,13-14H2,1-2H3,(H,24,25)/t19-/m1/s1. The number of ether oxygens (including phenoxy) is 1. The zero-order valence-electron chi connectivity index (χ0n) is 15.4. The lowest BCUT2D eigenvalue weighted by atomic mass is 10.1. The van der Waals surface area contributed by atoms with Crippen molar-refractivity contribution in [3.05, 3.63) is 59.1 Å². The van der Waals surface area contributed by atoms with E-state index < -0.39 is 16.9 Å². The second-order valence-corrected chi connectivity index (χ2v) is 8.01. The van der Waals surface area contributed by atoms with Gasteiger partial charge in [-0.3, -0.25) is 8.86 Å². The van der Waals surface area contributed by atoms with Crippen molar-refractivity contribution in [2.75, 3.05) is 31.0 Å². The van der Waals surface area contributed by atoms with Gasteiger partial charge in [-0.15, -0.1) is 0 Å². The fourth-order valence-corrected chi connectivity index (χ4v) is 2.93. The van der Waals surface area contributed by atoms with Crippen LogP contribution in [0.2, 0.25) is 5.02 Å². The van der Waals surface area contributed by atoms with E-state index in [-0.39, 0.29) is 6.61 Å². The van der Waals surface area contributed by atoms with Gasteiger partial charge in [0.25, 0.3) is 11.3 Å². The zero-order valence-corrected chi connectivity index (χ0v) is 17.0. The summed E-state index contributed by atoms with van der Waals surface area (Å²) in [7, 11) is 1.52. The second-order valence-electron chi connectivity index (χ2n) is 6.56. The summed E-state index contributed by atoms with van der Waals surface area (Å²) in [6, 6.07) is 14.5. The molecule has 2 aromatic rings. The number of benzene rings is 2. The smallest absolute Gasteiger partial charge is 0.261 e. The largest absolute Gasteiger partial charge is 0.491 e. The Morgan fingerprint density at radius 2 is 1.96 bits per heavy atom. The van der Waals surface area contributed by atoms with Gasteiger partial charge in [-0.1, -0.05) is 23.7 Å². The van der Waals surface area contributed by atoms with Crippen LogP contribution in [-0.4, -0.2) is 46.2 Å². The van der Waals surface area contributed by atoms with E-state index in [9.17, 15) is 9.32 Å². The van der Waals surface area contributed by atoms with E-state index in [1.54, 1.807) is 31.2 Å². The highest BCUT2D eigenvalue weighted by Crippen LogP contribution is 2.20. The molecule has 0 fully saturated rings. The number of nitrogens with one attached hydrogen (secondary N) is 1. The molecule has 0 aromatic heterocycles. The summed E-state index contributed by atoms with van der Waals surface area (Å²) in [5.41, 5.74) is 0.702. The summed E-state index contributed by atoms with van der Waals surface area (Å²) in [6.07, 6.45) is 0.818. The maximum absolute atomic E-state index is 11.0. The van der Waals surface area contributed by atoms with Crippen LogP contribution in [0, 0.1) is 0 Å². The third-order valence-electron chi connectivity index (χ3n) is 3.97. The zero-order chi connectivity index (χ0) is 19.9. The number of hydrogen-bond donors (Lipinski definition) is 3. The van der Waals surface area contributed by atoms with E-state index in [1.165, 1.54) is 11.4 Å². The predicted octanol–water partition coefficient (Wildman–Crippen LogP) is 2.88. The first-order chi connectivity index (χ1) is 12.8. The van der Waals surface area contributed by atoms with E-state index in [2.05, 4.69) is 5.32 Å². The average Bonchev–Trinajstić information content (AvgIpc) is 2.63. The van der Waals surface area contributed by atoms with Gasteiger partial charge in [-0.25, -0.2) is 4.21 Å². The Hall–Kier alpha value is -1.64. The van der Waals surface area contributed by atoms with Crippen molar-refractivity contribution in [1.29, 1.82) is 0 Å². The second kappa shape index (κ2) is 10.1. The minimum absolute atomic E-state index is 0.123. The first-order valence-electron chi connectivity index (χ1n) is 8.52. The Balaban J connectivity index is 1.74. The highest BCUT2D eigenvalue weighted by Gasteiger charge is 2.21. The molecule has 0 aliphatic heterocycles. The van der Waals surface area contributed by atoms with Gasteiger partial charge in [-0.05, 0) is 61.9 Å². The molecule has 0 bridgehead atoms. The minimum atomic E-state index is -2.07. The summed E-state index contributed by atoms with van der Waals surface area (Å²) in [6.45, 7) is 2.93. The minimum Gasteiger partial charge on any atom is -0.491 e. The Labute approximate surface area is 167 Å². The molecular weight excluding hydrogens is 388 g/mol. The number of anilines is 1. The van der Waals surface area contributed by atoms with Crippen LogP contribution in [0.1, 0.15) is 12.5 Å². The summed E-state index contributed by atoms with van der Waals surface area (Å²) >= 11 is 3.90. The van der Waals surface area contributed by atoms with Gasteiger partial charge in [0.05, 0.1) is 5.69 Å². The molecule has 27 heavy (non-hydrogen) atoms. The van der Waals surface area contributed by atoms with E-state index in [1.807, 2.05) is 24.3 Å². The Morgan fingerprint density at radius 1 is 1.26 bits per heavy atom. The Kier molecular flexibility index (Phi) is 8.07. The predicted molar refractivity (Wildman–Crippen MR) is 110 cm³/mol. The number of aliphatic hydroxyl groups is 1. The highest BCUT2D eigenvalue weighted by atomic mass is 35.5. The molecule has 1 unspecified atom stereocenters. The normalized spacial score (nSPS) is 14.4. The van der Waals surface area contributed by atoms with Crippen LogP contribution in [0.5, 0.6) is 5.75 Å². The molecule has 3 N–H and O–H groups in total. The van der Waals surface area contributed by atoms with E-state index >= 15 is 0 Å². The van der Waals surface area contributed by atoms with E-state index in [0.717, 1.165) is 23.6 Å². The average molecular weight is 413 g/mol. The fraction of sp³-hybridized carbons (Fsp3) is 0.368. The van der Waals surface area contributed by atoms with Crippen LogP contribution in [0.25, 0.3) is 0 Å². The van der Waals surface area contributed by atoms with Crippen molar-refractivity contribution < 1.29 is 18.6 Å². The van der Waals surface area contributed by atoms with Crippen LogP contribution >= 0.6 is 11.6 Å². The topological polar surface area (TPSA) is 82.0 Å². The van der Waals surface area contributed by atoms with Gasteiger partial charge in [-0.2, -0.15) is 0 Å². The van der Waals surface area contributed by atoms with Crippen LogP contribution in [0.15, 0.2) is 48.5 Å². The molecule has 148 valence electrons. The van der Waals surface area contributed by atoms with Crippen molar-refractivity contribution in [2.45, 2.75) is 18.9 Å². The lowest BCUT2D eigenvalue weighted by Crippen LogP contribution is -2.43. The molecule has 0 aliphatic rings. The molecule has 0 amide bonds. The maximum atomic E-state index is 11.0. The van der Waals surface area contributed by atoms with Crippen LogP contribution in [0.3, 0.4) is 0 Å². The Bertz CT molecular complexity index is 756. The third kappa shape index (κ3) is 7.48. The van der Waals surface area contributed by atoms with Gasteiger partial charge in [0.1, 0.15) is 18.0 Å². The quantitative estimate of drug-likeness (QED) is 0.413. The number of nitrogens with zero attached hydrogens (tertiary/aromatic N) is 1. The van der Waals surface area contributed by atoms with Crippen LogP contribution < -0.4 is 14.4 Å². The van der Waals surface area contributed by atoms with E-state index in [0.29, 0.717) is 18.0 Å². The summed E-state index contributed by atoms with van der Waals surface area (Å²) in [5.74, 6) is 0.579. The lowest BCUT2D eigenvalue weighted by molar-refractivity contribution is 0.0125. The molecule has 0 radical (unpaired) electrons. The summed E-state index contributed by atoms with van der Waals surface area (Å²) in [4.78, 5) is 0. The molecule has 0 saturated carbocycles. The molecule has 8 heteroatoms. The number of rotatable bonds is 10. The fourth-order valence-electron chi connectivity index (χ4n) is 2.42. The van der Waals surface area contributed by atoms with Crippen LogP contribution in [0.4, 0.5) is 5.69 Å². The van der Waals surface area contributed by atoms with Crippen molar-refractivity contribution in [2.24, 2.45) is 0 Å². The molecule has 0 heterocycles. The molecule has 2 atom stereocenters. The van der Waals surface area contributed by atoms with Crippen LogP contribution in [-0.2, 0) is 17.7 Å². The molecule has 6 nitrogen and oxygen atoms in total. The number of hydrogen-bond acceptors (Lipinski definition) is 4. The third-order valence-corrected chi connectivity index (χ3v) is 4.88. The molecule has 0 saturated heterocycles. The summed E-state index contributed by atoms with van der Waals surface area (Å²) in [5, 5.41) is 14.4. The molecule has 0 spiro atoms.